The molecule has 0 unspecified atom stereocenters. The van der Waals surface area contributed by atoms with Gasteiger partial charge in [-0.1, -0.05) is 29.8 Å². The van der Waals surface area contributed by atoms with Crippen LogP contribution in [0.2, 0.25) is 5.02 Å². The van der Waals surface area contributed by atoms with Gasteiger partial charge in [-0.25, -0.2) is 4.39 Å². The molecule has 3 nitrogen and oxygen atoms in total. The summed E-state index contributed by atoms with van der Waals surface area (Å²) in [7, 11) is 0. The molecule has 1 heterocycles. The molecule has 9 heteroatoms. The molecule has 0 spiro atoms. The van der Waals surface area contributed by atoms with Crippen LogP contribution in [0.3, 0.4) is 0 Å². The number of thioether (sulfide) groups is 1. The van der Waals surface area contributed by atoms with Gasteiger partial charge in [0.2, 0.25) is 0 Å². The Morgan fingerprint density at radius 3 is 2.34 bits per heavy atom. The second-order valence-electron chi connectivity index (χ2n) is 8.40. The van der Waals surface area contributed by atoms with Gasteiger partial charge in [-0.15, -0.1) is 11.8 Å². The molecule has 1 saturated heterocycles. The summed E-state index contributed by atoms with van der Waals surface area (Å²) in [6, 6.07) is 17.9. The third-order valence-corrected chi connectivity index (χ3v) is 7.23. The summed E-state index contributed by atoms with van der Waals surface area (Å²) in [5.41, 5.74) is 1.89. The summed E-state index contributed by atoms with van der Waals surface area (Å²) in [6.45, 7) is 4.82. The highest BCUT2D eigenvalue weighted by atomic mass is 35.5. The van der Waals surface area contributed by atoms with Crippen LogP contribution in [0.5, 0.6) is 11.5 Å². The van der Waals surface area contributed by atoms with E-state index >= 15 is 0 Å². The van der Waals surface area contributed by atoms with Crippen LogP contribution in [0.15, 0.2) is 65.6 Å². The molecule has 35 heavy (non-hydrogen) atoms. The standard InChI is InChI=1S/C26H25ClF4N2OS/c1-18-14-22(28)23(15-25(18)35-17-26(29,30)31)33-12-10-32(11-13-33)16-19-4-2-3-5-24(19)34-21-8-6-20(27)7-9-21/h2-9,14-15H,10-13,16-17H2,1H3. The van der Waals surface area contributed by atoms with E-state index in [-0.39, 0.29) is 0 Å². The number of hydrogen-bond acceptors (Lipinski definition) is 4. The van der Waals surface area contributed by atoms with Crippen LogP contribution in [-0.2, 0) is 6.54 Å². The van der Waals surface area contributed by atoms with E-state index in [4.69, 9.17) is 16.3 Å². The minimum absolute atomic E-state index is 0.353. The first-order valence-corrected chi connectivity index (χ1v) is 12.5. The summed E-state index contributed by atoms with van der Waals surface area (Å²) in [5.74, 6) is 0.0485. The zero-order valence-corrected chi connectivity index (χ0v) is 20.7. The Morgan fingerprint density at radius 2 is 1.66 bits per heavy atom. The zero-order valence-electron chi connectivity index (χ0n) is 19.1. The van der Waals surface area contributed by atoms with Crippen LogP contribution in [0.1, 0.15) is 11.1 Å². The molecule has 4 rings (SSSR count). The number of ether oxygens (including phenoxy) is 1. The van der Waals surface area contributed by atoms with Crippen LogP contribution >= 0.6 is 23.4 Å². The number of benzene rings is 3. The molecule has 0 saturated carbocycles. The Kier molecular flexibility index (Phi) is 8.14. The highest BCUT2D eigenvalue weighted by Gasteiger charge is 2.28. The fourth-order valence-corrected chi connectivity index (χ4v) is 4.88. The van der Waals surface area contributed by atoms with E-state index in [2.05, 4.69) is 4.90 Å². The van der Waals surface area contributed by atoms with Gasteiger partial charge >= 0.3 is 6.18 Å². The number of hydrogen-bond donors (Lipinski definition) is 0. The number of aryl methyl sites for hydroxylation is 1. The number of anilines is 1. The number of para-hydroxylation sites is 1. The van der Waals surface area contributed by atoms with Gasteiger partial charge in [0.25, 0.3) is 0 Å². The first-order valence-electron chi connectivity index (χ1n) is 11.2. The fourth-order valence-electron chi connectivity index (χ4n) is 3.95. The molecular formula is C26H25ClF4N2OS. The van der Waals surface area contributed by atoms with E-state index in [0.717, 1.165) is 11.3 Å². The van der Waals surface area contributed by atoms with Gasteiger partial charge in [0, 0.05) is 48.2 Å². The van der Waals surface area contributed by atoms with E-state index in [1.54, 1.807) is 25.1 Å². The molecule has 0 atom stereocenters. The SMILES string of the molecule is Cc1cc(F)c(N2CCN(Cc3ccccc3Oc3ccc(Cl)cc3)CC2)cc1SCC(F)(F)F. The maximum atomic E-state index is 14.7. The average molecular weight is 525 g/mol. The second kappa shape index (κ2) is 11.1. The minimum Gasteiger partial charge on any atom is -0.457 e. The van der Waals surface area contributed by atoms with Gasteiger partial charge in [0.15, 0.2) is 0 Å². The van der Waals surface area contributed by atoms with Crippen molar-refractivity contribution >= 4 is 29.1 Å². The molecule has 3 aromatic carbocycles. The smallest absolute Gasteiger partial charge is 0.398 e. The van der Waals surface area contributed by atoms with Crippen molar-refractivity contribution in [3.63, 3.8) is 0 Å². The molecule has 0 bridgehead atoms. The predicted octanol–water partition coefficient (Wildman–Crippen LogP) is 7.56. The first-order chi connectivity index (χ1) is 16.7. The van der Waals surface area contributed by atoms with Crippen LogP contribution < -0.4 is 9.64 Å². The van der Waals surface area contributed by atoms with Gasteiger partial charge in [0.05, 0.1) is 11.4 Å². The van der Waals surface area contributed by atoms with Crippen molar-refractivity contribution in [2.45, 2.75) is 24.5 Å². The molecule has 0 aliphatic carbocycles. The lowest BCUT2D eigenvalue weighted by atomic mass is 10.1. The molecular weight excluding hydrogens is 500 g/mol. The van der Waals surface area contributed by atoms with Crippen molar-refractivity contribution in [2.75, 3.05) is 36.8 Å². The van der Waals surface area contributed by atoms with Crippen molar-refractivity contribution in [2.24, 2.45) is 0 Å². The largest absolute Gasteiger partial charge is 0.457 e. The third kappa shape index (κ3) is 7.06. The van der Waals surface area contributed by atoms with E-state index in [0.29, 0.717) is 71.4 Å². The van der Waals surface area contributed by atoms with Gasteiger partial charge in [-0.2, -0.15) is 13.2 Å². The lowest BCUT2D eigenvalue weighted by molar-refractivity contribution is -0.105. The molecule has 1 fully saturated rings. The normalized spacial score (nSPS) is 14.9. The third-order valence-electron chi connectivity index (χ3n) is 5.76. The summed E-state index contributed by atoms with van der Waals surface area (Å²) >= 11 is 6.65. The van der Waals surface area contributed by atoms with Crippen molar-refractivity contribution < 1.29 is 22.3 Å². The monoisotopic (exact) mass is 524 g/mol. The Morgan fingerprint density at radius 1 is 0.971 bits per heavy atom. The summed E-state index contributed by atoms with van der Waals surface area (Å²) < 4.78 is 58.8. The molecule has 0 N–H and O–H groups in total. The van der Waals surface area contributed by atoms with Crippen molar-refractivity contribution in [1.29, 1.82) is 0 Å². The number of piperazine rings is 1. The number of rotatable bonds is 7. The lowest BCUT2D eigenvalue weighted by Crippen LogP contribution is -2.46. The maximum Gasteiger partial charge on any atom is 0.398 e. The number of nitrogens with zero attached hydrogens (tertiary/aromatic N) is 2. The molecule has 0 radical (unpaired) electrons. The van der Waals surface area contributed by atoms with Crippen molar-refractivity contribution in [3.05, 3.63) is 82.6 Å². The Hall–Kier alpha value is -2.42. The van der Waals surface area contributed by atoms with Crippen LogP contribution in [0.25, 0.3) is 0 Å². The molecule has 1 aliphatic heterocycles. The van der Waals surface area contributed by atoms with E-state index in [1.807, 2.05) is 41.3 Å². The van der Waals surface area contributed by atoms with Crippen LogP contribution in [-0.4, -0.2) is 43.0 Å². The number of alkyl halides is 3. The van der Waals surface area contributed by atoms with Gasteiger partial charge in [0.1, 0.15) is 17.3 Å². The van der Waals surface area contributed by atoms with E-state index in [1.165, 1.54) is 6.07 Å². The second-order valence-corrected chi connectivity index (χ2v) is 9.85. The maximum absolute atomic E-state index is 14.7. The summed E-state index contributed by atoms with van der Waals surface area (Å²) in [5, 5.41) is 0.639. The molecule has 1 aliphatic rings. The average Bonchev–Trinajstić information content (AvgIpc) is 2.81. The Labute approximate surface area is 211 Å². The fraction of sp³-hybridized carbons (Fsp3) is 0.308. The predicted molar refractivity (Wildman–Crippen MR) is 133 cm³/mol. The molecule has 3 aromatic rings. The molecule has 0 aromatic heterocycles. The van der Waals surface area contributed by atoms with Crippen molar-refractivity contribution in [1.82, 2.24) is 4.90 Å². The highest BCUT2D eigenvalue weighted by Crippen LogP contribution is 2.34. The van der Waals surface area contributed by atoms with Crippen LogP contribution in [0, 0.1) is 12.7 Å². The van der Waals surface area contributed by atoms with Crippen LogP contribution in [0.4, 0.5) is 23.2 Å². The van der Waals surface area contributed by atoms with E-state index < -0.39 is 17.7 Å². The van der Waals surface area contributed by atoms with E-state index in [9.17, 15) is 17.6 Å². The summed E-state index contributed by atoms with van der Waals surface area (Å²) in [6.07, 6.45) is -4.27. The lowest BCUT2D eigenvalue weighted by Gasteiger charge is -2.36. The topological polar surface area (TPSA) is 15.7 Å². The Balaban J connectivity index is 1.40. The summed E-state index contributed by atoms with van der Waals surface area (Å²) in [4.78, 5) is 4.61. The van der Waals surface area contributed by atoms with Gasteiger partial charge in [-0.05, 0) is 55.0 Å². The van der Waals surface area contributed by atoms with Gasteiger partial charge < -0.3 is 9.64 Å². The van der Waals surface area contributed by atoms with Gasteiger partial charge in [-0.3, -0.25) is 4.90 Å². The first kappa shape index (κ1) is 25.7. The zero-order chi connectivity index (χ0) is 25.0. The number of halogens is 5. The molecule has 186 valence electrons. The molecule has 0 amide bonds. The quantitative estimate of drug-likeness (QED) is 0.234. The Bertz CT molecular complexity index is 1150. The highest BCUT2D eigenvalue weighted by molar-refractivity contribution is 7.99. The van der Waals surface area contributed by atoms with Crippen molar-refractivity contribution in [3.8, 4) is 11.5 Å². The minimum atomic E-state index is -4.27.